The average Bonchev–Trinajstić information content (AvgIpc) is 3.44. The quantitative estimate of drug-likeness (QED) is 0.744. The Labute approximate surface area is 157 Å². The molecule has 2 N–H and O–H groups in total. The Morgan fingerprint density at radius 2 is 1.62 bits per heavy atom. The Kier molecular flexibility index (Phi) is 5.18. The maximum atomic E-state index is 12.6. The number of methoxy groups -OCH3 is 1. The number of ether oxygens (including phenoxy) is 1. The molecular formula is C20H21ClN2O3. The second kappa shape index (κ2) is 7.38. The fourth-order valence-corrected chi connectivity index (χ4v) is 3.01. The minimum atomic E-state index is -1.02. The first-order valence-corrected chi connectivity index (χ1v) is 8.91. The number of benzene rings is 2. The fraction of sp³-hybridized carbons (Fsp3) is 0.300. The first kappa shape index (κ1) is 18.3. The molecule has 0 unspecified atom stereocenters. The molecule has 0 radical (unpaired) electrons. The van der Waals surface area contributed by atoms with Crippen LogP contribution in [0.1, 0.15) is 25.3 Å². The number of anilines is 2. The third-order valence-electron chi connectivity index (χ3n) is 4.65. The van der Waals surface area contributed by atoms with Crippen molar-refractivity contribution in [2.75, 3.05) is 17.7 Å². The van der Waals surface area contributed by atoms with Crippen molar-refractivity contribution < 1.29 is 14.3 Å². The van der Waals surface area contributed by atoms with Gasteiger partial charge in [0.2, 0.25) is 11.8 Å². The maximum Gasteiger partial charge on any atom is 0.240 e. The monoisotopic (exact) mass is 372 g/mol. The molecule has 0 heterocycles. The number of nitrogens with one attached hydrogen (secondary N) is 2. The number of carbonyl (C=O) groups excluding carboxylic acids is 2. The average molecular weight is 373 g/mol. The van der Waals surface area contributed by atoms with Gasteiger partial charge in [0.05, 0.1) is 12.1 Å². The fourth-order valence-electron chi connectivity index (χ4n) is 2.75. The highest BCUT2D eigenvalue weighted by atomic mass is 35.5. The predicted octanol–water partition coefficient (Wildman–Crippen LogP) is 4.27. The molecule has 0 aromatic heterocycles. The van der Waals surface area contributed by atoms with Gasteiger partial charge >= 0.3 is 0 Å². The van der Waals surface area contributed by atoms with E-state index in [1.165, 1.54) is 12.7 Å². The van der Waals surface area contributed by atoms with Crippen LogP contribution in [0.25, 0.3) is 0 Å². The zero-order chi connectivity index (χ0) is 18.7. The molecule has 5 nitrogen and oxygen atoms in total. The van der Waals surface area contributed by atoms with Crippen molar-refractivity contribution in [1.29, 1.82) is 0 Å². The standard InChI is InChI=1S/C20H21ClN2O3/c1-3-13-4-6-14(7-5-13)22-18(24)20(10-11-20)19(25)23-15-8-9-17(26-2)16(21)12-15/h4-9,12H,3,10-11H2,1-2H3,(H,22,24)(H,23,25). The number of amides is 2. The van der Waals surface area contributed by atoms with Crippen LogP contribution in [0.15, 0.2) is 42.5 Å². The van der Waals surface area contributed by atoms with E-state index in [1.807, 2.05) is 24.3 Å². The molecule has 3 rings (SSSR count). The van der Waals surface area contributed by atoms with Gasteiger partial charge in [-0.05, 0) is 55.2 Å². The topological polar surface area (TPSA) is 67.4 Å². The molecule has 2 amide bonds. The Morgan fingerprint density at radius 3 is 2.12 bits per heavy atom. The minimum absolute atomic E-state index is 0.279. The minimum Gasteiger partial charge on any atom is -0.495 e. The summed E-state index contributed by atoms with van der Waals surface area (Å²) in [6.45, 7) is 2.07. The Balaban J connectivity index is 1.68. The number of hydrogen-bond acceptors (Lipinski definition) is 3. The van der Waals surface area contributed by atoms with Gasteiger partial charge in [-0.1, -0.05) is 30.7 Å². The van der Waals surface area contributed by atoms with E-state index < -0.39 is 5.41 Å². The largest absolute Gasteiger partial charge is 0.495 e. The molecule has 0 spiro atoms. The highest BCUT2D eigenvalue weighted by Gasteiger charge is 2.56. The molecule has 1 saturated carbocycles. The number of aryl methyl sites for hydroxylation is 1. The van der Waals surface area contributed by atoms with Gasteiger partial charge < -0.3 is 15.4 Å². The van der Waals surface area contributed by atoms with Crippen molar-refractivity contribution in [1.82, 2.24) is 0 Å². The van der Waals surface area contributed by atoms with Gasteiger partial charge in [0.15, 0.2) is 0 Å². The number of halogens is 1. The van der Waals surface area contributed by atoms with Crippen molar-refractivity contribution in [2.45, 2.75) is 26.2 Å². The maximum absolute atomic E-state index is 12.6. The summed E-state index contributed by atoms with van der Waals surface area (Å²) in [6.07, 6.45) is 1.99. The normalized spacial score (nSPS) is 14.4. The van der Waals surface area contributed by atoms with E-state index >= 15 is 0 Å². The molecule has 136 valence electrons. The van der Waals surface area contributed by atoms with E-state index in [0.29, 0.717) is 35.0 Å². The molecule has 1 aliphatic carbocycles. The molecule has 26 heavy (non-hydrogen) atoms. The molecule has 1 aliphatic rings. The summed E-state index contributed by atoms with van der Waals surface area (Å²) in [7, 11) is 1.52. The van der Waals surface area contributed by atoms with E-state index in [2.05, 4.69) is 17.6 Å². The van der Waals surface area contributed by atoms with Gasteiger partial charge in [-0.25, -0.2) is 0 Å². The van der Waals surface area contributed by atoms with E-state index in [1.54, 1.807) is 18.2 Å². The number of carbonyl (C=O) groups is 2. The molecule has 6 heteroatoms. The van der Waals surface area contributed by atoms with Crippen LogP contribution in [-0.4, -0.2) is 18.9 Å². The summed E-state index contributed by atoms with van der Waals surface area (Å²) in [5.74, 6) is -0.0701. The summed E-state index contributed by atoms with van der Waals surface area (Å²) in [5.41, 5.74) is 1.40. The van der Waals surface area contributed by atoms with Gasteiger partial charge in [-0.15, -0.1) is 0 Å². The molecular weight excluding hydrogens is 352 g/mol. The van der Waals surface area contributed by atoms with Crippen LogP contribution < -0.4 is 15.4 Å². The van der Waals surface area contributed by atoms with Crippen LogP contribution in [0.5, 0.6) is 5.75 Å². The summed E-state index contributed by atoms with van der Waals surface area (Å²) in [4.78, 5) is 25.3. The summed E-state index contributed by atoms with van der Waals surface area (Å²) in [5, 5.41) is 6.03. The van der Waals surface area contributed by atoms with Gasteiger partial charge in [0.25, 0.3) is 0 Å². The molecule has 2 aromatic carbocycles. The zero-order valence-electron chi connectivity index (χ0n) is 14.8. The molecule has 2 aromatic rings. The van der Waals surface area contributed by atoms with Crippen molar-refractivity contribution >= 4 is 34.8 Å². The third kappa shape index (κ3) is 3.68. The van der Waals surface area contributed by atoms with Crippen LogP contribution >= 0.6 is 11.6 Å². The SMILES string of the molecule is CCc1ccc(NC(=O)C2(C(=O)Nc3ccc(OC)c(Cl)c3)CC2)cc1. The first-order chi connectivity index (χ1) is 12.5. The van der Waals surface area contributed by atoms with Crippen LogP contribution in [-0.2, 0) is 16.0 Å². The molecule has 0 atom stereocenters. The third-order valence-corrected chi connectivity index (χ3v) is 4.94. The van der Waals surface area contributed by atoms with Gasteiger partial charge in [0, 0.05) is 11.4 Å². The second-order valence-corrected chi connectivity index (χ2v) is 6.80. The van der Waals surface area contributed by atoms with Crippen molar-refractivity contribution in [3.8, 4) is 5.75 Å². The Bertz CT molecular complexity index is 829. The lowest BCUT2D eigenvalue weighted by Gasteiger charge is -2.16. The van der Waals surface area contributed by atoms with Gasteiger partial charge in [-0.2, -0.15) is 0 Å². The first-order valence-electron chi connectivity index (χ1n) is 8.54. The lowest BCUT2D eigenvalue weighted by Crippen LogP contribution is -2.35. The number of hydrogen-bond donors (Lipinski definition) is 2. The van der Waals surface area contributed by atoms with Crippen molar-refractivity contribution in [2.24, 2.45) is 5.41 Å². The van der Waals surface area contributed by atoms with Gasteiger partial charge in [-0.3, -0.25) is 9.59 Å². The highest BCUT2D eigenvalue weighted by molar-refractivity contribution is 6.32. The molecule has 0 saturated heterocycles. The number of rotatable bonds is 6. The highest BCUT2D eigenvalue weighted by Crippen LogP contribution is 2.47. The lowest BCUT2D eigenvalue weighted by molar-refractivity contribution is -0.131. The van der Waals surface area contributed by atoms with Crippen LogP contribution in [0, 0.1) is 5.41 Å². The summed E-state index contributed by atoms with van der Waals surface area (Å²) < 4.78 is 5.10. The molecule has 0 aliphatic heterocycles. The Hall–Kier alpha value is -2.53. The van der Waals surface area contributed by atoms with Crippen molar-refractivity contribution in [3.05, 3.63) is 53.1 Å². The van der Waals surface area contributed by atoms with E-state index in [-0.39, 0.29) is 11.8 Å². The van der Waals surface area contributed by atoms with E-state index in [4.69, 9.17) is 16.3 Å². The smallest absolute Gasteiger partial charge is 0.240 e. The van der Waals surface area contributed by atoms with Crippen LogP contribution in [0.2, 0.25) is 5.02 Å². The molecule has 1 fully saturated rings. The van der Waals surface area contributed by atoms with Crippen molar-refractivity contribution in [3.63, 3.8) is 0 Å². The summed E-state index contributed by atoms with van der Waals surface area (Å²) in [6, 6.07) is 12.6. The van der Waals surface area contributed by atoms with Crippen LogP contribution in [0.4, 0.5) is 11.4 Å². The zero-order valence-corrected chi connectivity index (χ0v) is 15.5. The van der Waals surface area contributed by atoms with Gasteiger partial charge in [0.1, 0.15) is 11.2 Å². The second-order valence-electron chi connectivity index (χ2n) is 6.39. The van der Waals surface area contributed by atoms with E-state index in [0.717, 1.165) is 6.42 Å². The lowest BCUT2D eigenvalue weighted by atomic mass is 10.0. The Morgan fingerprint density at radius 1 is 1.04 bits per heavy atom. The van der Waals surface area contributed by atoms with E-state index in [9.17, 15) is 9.59 Å². The summed E-state index contributed by atoms with van der Waals surface area (Å²) >= 11 is 6.08. The predicted molar refractivity (Wildman–Crippen MR) is 103 cm³/mol. The molecule has 0 bridgehead atoms. The van der Waals surface area contributed by atoms with Crippen LogP contribution in [0.3, 0.4) is 0 Å².